The van der Waals surface area contributed by atoms with E-state index in [0.29, 0.717) is 6.54 Å². The number of guanidine groups is 1. The maximum atomic E-state index is 4.76. The van der Waals surface area contributed by atoms with E-state index in [1.807, 2.05) is 25.3 Å². The van der Waals surface area contributed by atoms with Gasteiger partial charge in [0.15, 0.2) is 5.96 Å². The number of rotatable bonds is 7. The molecule has 0 atom stereocenters. The van der Waals surface area contributed by atoms with E-state index in [1.54, 1.807) is 6.33 Å². The van der Waals surface area contributed by atoms with Gasteiger partial charge in [-0.3, -0.25) is 0 Å². The number of nitrogens with one attached hydrogen (secondary N) is 1. The van der Waals surface area contributed by atoms with E-state index in [2.05, 4.69) is 54.4 Å². The summed E-state index contributed by atoms with van der Waals surface area (Å²) in [5.74, 6) is 2.98. The predicted octanol–water partition coefficient (Wildman–Crippen LogP) is 2.20. The van der Waals surface area contributed by atoms with Gasteiger partial charge in [-0.25, -0.2) is 9.98 Å². The van der Waals surface area contributed by atoms with E-state index in [0.717, 1.165) is 68.9 Å². The zero-order valence-electron chi connectivity index (χ0n) is 17.3. The van der Waals surface area contributed by atoms with Crippen molar-refractivity contribution in [2.24, 2.45) is 4.99 Å². The van der Waals surface area contributed by atoms with Gasteiger partial charge in [-0.1, -0.05) is 25.1 Å². The molecule has 8 nitrogen and oxygen atoms in total. The molecule has 2 aromatic rings. The number of hydrogen-bond donors (Lipinski definition) is 1. The first-order valence-electron chi connectivity index (χ1n) is 9.87. The van der Waals surface area contributed by atoms with Crippen molar-refractivity contribution in [3.05, 3.63) is 48.7 Å². The maximum absolute atomic E-state index is 4.76. The number of nitrogens with zero attached hydrogens (tertiary/aromatic N) is 7. The number of anilines is 1. The van der Waals surface area contributed by atoms with Crippen LogP contribution in [0.2, 0.25) is 0 Å². The summed E-state index contributed by atoms with van der Waals surface area (Å²) in [5, 5.41) is 11.7. The van der Waals surface area contributed by atoms with Crippen LogP contribution in [0.1, 0.15) is 19.7 Å². The lowest BCUT2D eigenvalue weighted by Crippen LogP contribution is -2.53. The Morgan fingerprint density at radius 2 is 2.03 bits per heavy atom. The molecule has 0 radical (unpaired) electrons. The SMILES string of the molecule is C=C(C)CN=C(NCCn1cnnc1CC)N1CCN(c2ccccn2)CC1.I. The molecule has 0 unspecified atom stereocenters. The third-order valence-electron chi connectivity index (χ3n) is 4.70. The van der Waals surface area contributed by atoms with Gasteiger partial charge in [-0.05, 0) is 19.1 Å². The molecule has 1 aliphatic rings. The number of aliphatic imine (C=N–C) groups is 1. The number of piperazine rings is 1. The van der Waals surface area contributed by atoms with Crippen molar-refractivity contribution in [2.75, 3.05) is 44.2 Å². The quantitative estimate of drug-likeness (QED) is 0.267. The Labute approximate surface area is 190 Å². The fourth-order valence-electron chi connectivity index (χ4n) is 3.19. The van der Waals surface area contributed by atoms with Crippen LogP contribution >= 0.6 is 24.0 Å². The Morgan fingerprint density at radius 1 is 1.24 bits per heavy atom. The molecule has 0 spiro atoms. The van der Waals surface area contributed by atoms with E-state index < -0.39 is 0 Å². The van der Waals surface area contributed by atoms with Gasteiger partial charge in [0.05, 0.1) is 6.54 Å². The van der Waals surface area contributed by atoms with Gasteiger partial charge in [0.25, 0.3) is 0 Å². The Balaban J connectivity index is 0.00000300. The Bertz CT molecular complexity index is 781. The van der Waals surface area contributed by atoms with Crippen molar-refractivity contribution in [1.29, 1.82) is 0 Å². The number of aromatic nitrogens is 4. The standard InChI is InChI=1S/C20H30N8.HI/c1-4-18-25-24-16-28(18)10-9-22-20(23-15-17(2)3)27-13-11-26(12-14-27)19-7-5-6-8-21-19;/h5-8,16H,2,4,9-15H2,1,3H3,(H,22,23);1H. The number of aryl methyl sites for hydroxylation is 1. The third-order valence-corrected chi connectivity index (χ3v) is 4.70. The van der Waals surface area contributed by atoms with Crippen molar-refractivity contribution >= 4 is 35.8 Å². The molecule has 1 fully saturated rings. The van der Waals surface area contributed by atoms with Gasteiger partial charge in [-0.2, -0.15) is 0 Å². The Hall–Kier alpha value is -2.17. The van der Waals surface area contributed by atoms with E-state index in [-0.39, 0.29) is 24.0 Å². The van der Waals surface area contributed by atoms with Crippen molar-refractivity contribution in [3.63, 3.8) is 0 Å². The first-order chi connectivity index (χ1) is 13.7. The minimum absolute atomic E-state index is 0. The van der Waals surface area contributed by atoms with Gasteiger partial charge >= 0.3 is 0 Å². The molecule has 3 rings (SSSR count). The second-order valence-corrected chi connectivity index (χ2v) is 6.98. The topological polar surface area (TPSA) is 74.5 Å². The van der Waals surface area contributed by atoms with E-state index in [4.69, 9.17) is 4.99 Å². The summed E-state index contributed by atoms with van der Waals surface area (Å²) in [6.07, 6.45) is 4.52. The monoisotopic (exact) mass is 510 g/mol. The highest BCUT2D eigenvalue weighted by Crippen LogP contribution is 2.12. The van der Waals surface area contributed by atoms with Crippen LogP contribution in [0.5, 0.6) is 0 Å². The van der Waals surface area contributed by atoms with Gasteiger partial charge in [-0.15, -0.1) is 34.2 Å². The van der Waals surface area contributed by atoms with Crippen molar-refractivity contribution in [2.45, 2.75) is 26.8 Å². The molecular formula is C20H31IN8. The average Bonchev–Trinajstić information content (AvgIpc) is 3.19. The molecular weight excluding hydrogens is 479 g/mol. The molecule has 1 N–H and O–H groups in total. The number of halogens is 1. The molecule has 3 heterocycles. The predicted molar refractivity (Wildman–Crippen MR) is 128 cm³/mol. The molecule has 1 saturated heterocycles. The van der Waals surface area contributed by atoms with Gasteiger partial charge in [0.2, 0.25) is 0 Å². The first kappa shape index (κ1) is 23.1. The summed E-state index contributed by atoms with van der Waals surface area (Å²) in [6, 6.07) is 6.05. The zero-order chi connectivity index (χ0) is 19.8. The molecule has 0 saturated carbocycles. The number of pyridine rings is 1. The van der Waals surface area contributed by atoms with Gasteiger partial charge in [0, 0.05) is 51.9 Å². The summed E-state index contributed by atoms with van der Waals surface area (Å²) in [7, 11) is 0. The van der Waals surface area contributed by atoms with Crippen molar-refractivity contribution in [3.8, 4) is 0 Å². The van der Waals surface area contributed by atoms with Crippen molar-refractivity contribution in [1.82, 2.24) is 30.0 Å². The number of hydrogen-bond acceptors (Lipinski definition) is 5. The van der Waals surface area contributed by atoms with Crippen LogP contribution in [0.4, 0.5) is 5.82 Å². The van der Waals surface area contributed by atoms with Crippen LogP contribution in [0.25, 0.3) is 0 Å². The molecule has 0 amide bonds. The molecule has 9 heteroatoms. The molecule has 0 aliphatic carbocycles. The smallest absolute Gasteiger partial charge is 0.194 e. The summed E-state index contributed by atoms with van der Waals surface area (Å²) in [4.78, 5) is 13.9. The Kier molecular flexibility index (Phi) is 9.36. The van der Waals surface area contributed by atoms with E-state index in [9.17, 15) is 0 Å². The largest absolute Gasteiger partial charge is 0.354 e. The highest BCUT2D eigenvalue weighted by molar-refractivity contribution is 14.0. The van der Waals surface area contributed by atoms with Gasteiger partial charge in [0.1, 0.15) is 18.0 Å². The Morgan fingerprint density at radius 3 is 2.69 bits per heavy atom. The lowest BCUT2D eigenvalue weighted by Gasteiger charge is -2.37. The fraction of sp³-hybridized carbons (Fsp3) is 0.500. The second-order valence-electron chi connectivity index (χ2n) is 6.98. The minimum Gasteiger partial charge on any atom is -0.354 e. The summed E-state index contributed by atoms with van der Waals surface area (Å²) < 4.78 is 2.09. The van der Waals surface area contributed by atoms with Crippen molar-refractivity contribution < 1.29 is 0 Å². The van der Waals surface area contributed by atoms with Crippen LogP contribution in [0.3, 0.4) is 0 Å². The highest BCUT2D eigenvalue weighted by atomic mass is 127. The summed E-state index contributed by atoms with van der Waals surface area (Å²) in [6.45, 7) is 14.0. The van der Waals surface area contributed by atoms with E-state index in [1.165, 1.54) is 0 Å². The lowest BCUT2D eigenvalue weighted by molar-refractivity contribution is 0.370. The average molecular weight is 510 g/mol. The fourth-order valence-corrected chi connectivity index (χ4v) is 3.19. The zero-order valence-corrected chi connectivity index (χ0v) is 19.6. The highest BCUT2D eigenvalue weighted by Gasteiger charge is 2.20. The molecule has 2 aromatic heterocycles. The summed E-state index contributed by atoms with van der Waals surface area (Å²) in [5.41, 5.74) is 1.05. The molecule has 0 aromatic carbocycles. The normalized spacial score (nSPS) is 14.5. The molecule has 0 bridgehead atoms. The summed E-state index contributed by atoms with van der Waals surface area (Å²) >= 11 is 0. The molecule has 1 aliphatic heterocycles. The molecule has 158 valence electrons. The van der Waals surface area contributed by atoms with Crippen LogP contribution in [0, 0.1) is 0 Å². The maximum Gasteiger partial charge on any atom is 0.194 e. The molecule has 29 heavy (non-hydrogen) atoms. The lowest BCUT2D eigenvalue weighted by atomic mass is 10.3. The minimum atomic E-state index is 0. The second kappa shape index (κ2) is 11.7. The van der Waals surface area contributed by atoms with E-state index >= 15 is 0 Å². The van der Waals surface area contributed by atoms with Crippen LogP contribution < -0.4 is 10.2 Å². The van der Waals surface area contributed by atoms with Crippen LogP contribution in [-0.4, -0.2) is 69.9 Å². The van der Waals surface area contributed by atoms with Gasteiger partial charge < -0.3 is 19.7 Å². The van der Waals surface area contributed by atoms with Crippen LogP contribution in [0.15, 0.2) is 47.9 Å². The van der Waals surface area contributed by atoms with Crippen LogP contribution in [-0.2, 0) is 13.0 Å². The first-order valence-corrected chi connectivity index (χ1v) is 9.87. The third kappa shape index (κ3) is 6.69.